The molecule has 1 fully saturated rings. The van der Waals surface area contributed by atoms with E-state index in [9.17, 15) is 27.9 Å². The molecule has 1 unspecified atom stereocenters. The largest absolute Gasteiger partial charge is 0.477 e. The SMILES string of the molecule is CC1(N)CCN(c2nc3c(cc2F)c(=O)c(C(=O)O)cn3-c2ccc(F)cc2F)C1. The van der Waals surface area contributed by atoms with E-state index >= 15 is 0 Å². The zero-order chi connectivity index (χ0) is 21.8. The van der Waals surface area contributed by atoms with E-state index < -0.39 is 40.0 Å². The Morgan fingerprint density at radius 3 is 2.57 bits per heavy atom. The molecule has 1 saturated heterocycles. The molecule has 156 valence electrons. The second-order valence-corrected chi connectivity index (χ2v) is 7.63. The number of aromatic nitrogens is 2. The second-order valence-electron chi connectivity index (χ2n) is 7.63. The van der Waals surface area contributed by atoms with Crippen LogP contribution in [0.2, 0.25) is 0 Å². The number of halogens is 3. The number of carboxylic acids is 1. The third-order valence-electron chi connectivity index (χ3n) is 5.12. The Bertz CT molecular complexity index is 1260. The van der Waals surface area contributed by atoms with Crippen LogP contribution in [0.5, 0.6) is 0 Å². The van der Waals surface area contributed by atoms with Crippen LogP contribution in [0.3, 0.4) is 0 Å². The highest BCUT2D eigenvalue weighted by Gasteiger charge is 2.32. The summed E-state index contributed by atoms with van der Waals surface area (Å²) in [6.07, 6.45) is 1.48. The molecule has 3 N–H and O–H groups in total. The average molecular weight is 418 g/mol. The van der Waals surface area contributed by atoms with Crippen molar-refractivity contribution in [3.05, 3.63) is 63.7 Å². The van der Waals surface area contributed by atoms with Crippen LogP contribution in [0.15, 0.2) is 35.3 Å². The van der Waals surface area contributed by atoms with Gasteiger partial charge < -0.3 is 15.7 Å². The summed E-state index contributed by atoms with van der Waals surface area (Å²) in [4.78, 5) is 29.9. The first-order valence-corrected chi connectivity index (χ1v) is 9.06. The van der Waals surface area contributed by atoms with Crippen LogP contribution in [0.1, 0.15) is 23.7 Å². The molecule has 0 radical (unpaired) electrons. The summed E-state index contributed by atoms with van der Waals surface area (Å²) in [7, 11) is 0. The van der Waals surface area contributed by atoms with Crippen molar-refractivity contribution >= 4 is 22.8 Å². The van der Waals surface area contributed by atoms with Crippen molar-refractivity contribution in [3.8, 4) is 5.69 Å². The van der Waals surface area contributed by atoms with Crippen molar-refractivity contribution in [2.45, 2.75) is 18.9 Å². The number of aromatic carboxylic acids is 1. The summed E-state index contributed by atoms with van der Waals surface area (Å²) in [6, 6.07) is 3.56. The standard InChI is InChI=1S/C20H17F3N4O3/c1-20(24)4-5-26(9-20)18-14(23)7-11-16(28)12(19(29)30)8-27(17(11)25-18)15-3-2-10(21)6-13(15)22/h2-3,6-8H,4-5,9,24H2,1H3,(H,29,30). The molecule has 1 atom stereocenters. The van der Waals surface area contributed by atoms with E-state index in [-0.39, 0.29) is 22.5 Å². The maximum atomic E-state index is 14.8. The summed E-state index contributed by atoms with van der Waals surface area (Å²) in [6.45, 7) is 2.55. The quantitative estimate of drug-likeness (QED) is 0.678. The molecule has 3 heterocycles. The molecule has 30 heavy (non-hydrogen) atoms. The molecule has 1 aliphatic heterocycles. The lowest BCUT2D eigenvalue weighted by molar-refractivity contribution is 0.0695. The zero-order valence-electron chi connectivity index (χ0n) is 15.8. The Kier molecular flexibility index (Phi) is 4.53. The number of fused-ring (bicyclic) bond motifs is 1. The van der Waals surface area contributed by atoms with Gasteiger partial charge in [-0.15, -0.1) is 0 Å². The minimum absolute atomic E-state index is 0.0876. The zero-order valence-corrected chi connectivity index (χ0v) is 15.8. The molecule has 0 spiro atoms. The maximum Gasteiger partial charge on any atom is 0.341 e. The Balaban J connectivity index is 2.03. The van der Waals surface area contributed by atoms with Crippen molar-refractivity contribution in [2.24, 2.45) is 5.73 Å². The van der Waals surface area contributed by atoms with Crippen molar-refractivity contribution < 1.29 is 23.1 Å². The van der Waals surface area contributed by atoms with Gasteiger partial charge in [0.05, 0.1) is 11.1 Å². The average Bonchev–Trinajstić information content (AvgIpc) is 3.02. The van der Waals surface area contributed by atoms with Gasteiger partial charge in [-0.05, 0) is 31.5 Å². The highest BCUT2D eigenvalue weighted by molar-refractivity contribution is 5.92. The summed E-state index contributed by atoms with van der Waals surface area (Å²) < 4.78 is 43.7. The topological polar surface area (TPSA) is 101 Å². The van der Waals surface area contributed by atoms with Gasteiger partial charge in [-0.1, -0.05) is 0 Å². The van der Waals surface area contributed by atoms with Crippen molar-refractivity contribution in [1.82, 2.24) is 9.55 Å². The van der Waals surface area contributed by atoms with E-state index in [0.717, 1.165) is 29.0 Å². The predicted octanol–water partition coefficient (Wildman–Crippen LogP) is 2.43. The second kappa shape index (κ2) is 6.84. The number of nitrogens with zero attached hydrogens (tertiary/aromatic N) is 3. The van der Waals surface area contributed by atoms with E-state index in [1.165, 1.54) is 0 Å². The van der Waals surface area contributed by atoms with Crippen LogP contribution in [0.25, 0.3) is 16.7 Å². The number of pyridine rings is 2. The van der Waals surface area contributed by atoms with Crippen molar-refractivity contribution in [1.29, 1.82) is 0 Å². The first kappa shape index (κ1) is 19.9. The van der Waals surface area contributed by atoms with Gasteiger partial charge in [0.2, 0.25) is 5.43 Å². The lowest BCUT2D eigenvalue weighted by Gasteiger charge is -2.22. The Morgan fingerprint density at radius 2 is 1.97 bits per heavy atom. The number of hydrogen-bond donors (Lipinski definition) is 2. The minimum Gasteiger partial charge on any atom is -0.477 e. The van der Waals surface area contributed by atoms with Crippen LogP contribution in [0, 0.1) is 17.5 Å². The van der Waals surface area contributed by atoms with Gasteiger partial charge in [-0.2, -0.15) is 0 Å². The van der Waals surface area contributed by atoms with Crippen LogP contribution in [0.4, 0.5) is 19.0 Å². The monoisotopic (exact) mass is 418 g/mol. The van der Waals surface area contributed by atoms with E-state index in [2.05, 4.69) is 4.98 Å². The lowest BCUT2D eigenvalue weighted by Crippen LogP contribution is -2.39. The van der Waals surface area contributed by atoms with Gasteiger partial charge in [0, 0.05) is 30.9 Å². The van der Waals surface area contributed by atoms with Gasteiger partial charge in [0.25, 0.3) is 0 Å². The summed E-state index contributed by atoms with van der Waals surface area (Å²) in [5.41, 5.74) is 3.50. The molecule has 1 aromatic carbocycles. The van der Waals surface area contributed by atoms with Gasteiger partial charge in [-0.3, -0.25) is 9.36 Å². The summed E-state index contributed by atoms with van der Waals surface area (Å²) in [5, 5.41) is 9.02. The third kappa shape index (κ3) is 3.28. The Morgan fingerprint density at radius 1 is 1.23 bits per heavy atom. The first-order chi connectivity index (χ1) is 14.1. The smallest absolute Gasteiger partial charge is 0.341 e. The molecule has 7 nitrogen and oxygen atoms in total. The highest BCUT2D eigenvalue weighted by atomic mass is 19.1. The van der Waals surface area contributed by atoms with Crippen LogP contribution in [-0.4, -0.2) is 39.3 Å². The van der Waals surface area contributed by atoms with E-state index in [4.69, 9.17) is 5.73 Å². The van der Waals surface area contributed by atoms with Gasteiger partial charge in [-0.25, -0.2) is 22.9 Å². The fourth-order valence-corrected chi connectivity index (χ4v) is 3.61. The van der Waals surface area contributed by atoms with E-state index in [1.807, 2.05) is 6.92 Å². The number of anilines is 1. The van der Waals surface area contributed by atoms with Crippen LogP contribution in [-0.2, 0) is 0 Å². The number of hydrogen-bond acceptors (Lipinski definition) is 5. The summed E-state index contributed by atoms with van der Waals surface area (Å²) in [5.74, 6) is -4.32. The van der Waals surface area contributed by atoms with Crippen molar-refractivity contribution in [3.63, 3.8) is 0 Å². The molecular weight excluding hydrogens is 401 g/mol. The lowest BCUT2D eigenvalue weighted by atomic mass is 10.0. The molecule has 0 amide bonds. The molecule has 10 heteroatoms. The highest BCUT2D eigenvalue weighted by Crippen LogP contribution is 2.29. The van der Waals surface area contributed by atoms with Crippen LogP contribution < -0.4 is 16.1 Å². The van der Waals surface area contributed by atoms with Crippen molar-refractivity contribution in [2.75, 3.05) is 18.0 Å². The molecule has 0 saturated carbocycles. The fraction of sp³-hybridized carbons (Fsp3) is 0.250. The molecule has 4 rings (SSSR count). The number of benzene rings is 1. The Labute approximate surface area is 168 Å². The predicted molar refractivity (Wildman–Crippen MR) is 104 cm³/mol. The first-order valence-electron chi connectivity index (χ1n) is 9.06. The molecule has 1 aliphatic rings. The van der Waals surface area contributed by atoms with Gasteiger partial charge in [0.15, 0.2) is 17.3 Å². The molecule has 2 aromatic heterocycles. The van der Waals surface area contributed by atoms with E-state index in [0.29, 0.717) is 25.6 Å². The van der Waals surface area contributed by atoms with Crippen LogP contribution >= 0.6 is 0 Å². The minimum atomic E-state index is -1.57. The molecule has 3 aromatic rings. The number of carbonyl (C=O) groups is 1. The molecular formula is C20H17F3N4O3. The number of carboxylic acid groups (broad SMARTS) is 1. The third-order valence-corrected chi connectivity index (χ3v) is 5.12. The van der Waals surface area contributed by atoms with Gasteiger partial charge in [0.1, 0.15) is 17.2 Å². The van der Waals surface area contributed by atoms with E-state index in [1.54, 1.807) is 4.90 Å². The normalized spacial score (nSPS) is 18.9. The number of rotatable bonds is 3. The van der Waals surface area contributed by atoms with Gasteiger partial charge >= 0.3 is 5.97 Å². The maximum absolute atomic E-state index is 14.8. The Hall–Kier alpha value is -3.40. The fourth-order valence-electron chi connectivity index (χ4n) is 3.61. The molecule has 0 aliphatic carbocycles. The number of nitrogens with two attached hydrogens (primary N) is 1. The molecule has 0 bridgehead atoms. The summed E-state index contributed by atoms with van der Waals surface area (Å²) >= 11 is 0.